The van der Waals surface area contributed by atoms with Gasteiger partial charge in [-0.05, 0) is 24.1 Å². The van der Waals surface area contributed by atoms with Crippen molar-refractivity contribution in [2.75, 3.05) is 0 Å². The molecule has 3 nitrogen and oxygen atoms in total. The summed E-state index contributed by atoms with van der Waals surface area (Å²) in [6.07, 6.45) is 0.605. The fourth-order valence-electron chi connectivity index (χ4n) is 0.998. The summed E-state index contributed by atoms with van der Waals surface area (Å²) in [6.45, 7) is 0. The minimum atomic E-state index is -0.496. The zero-order valence-corrected chi connectivity index (χ0v) is 7.00. The van der Waals surface area contributed by atoms with Crippen molar-refractivity contribution in [3.05, 3.63) is 35.6 Å². The van der Waals surface area contributed by atoms with Gasteiger partial charge in [-0.3, -0.25) is 4.79 Å². The third-order valence-electron chi connectivity index (χ3n) is 1.64. The summed E-state index contributed by atoms with van der Waals surface area (Å²) in [5.41, 5.74) is 0.755. The average Bonchev–Trinajstić information content (AvgIpc) is 2.14. The highest BCUT2D eigenvalue weighted by molar-refractivity contribution is 5.69. The monoisotopic (exact) mass is 183 g/mol. The van der Waals surface area contributed by atoms with Crippen LogP contribution in [0.15, 0.2) is 24.3 Å². The lowest BCUT2D eigenvalue weighted by atomic mass is 10.1. The molecule has 0 spiro atoms. The largest absolute Gasteiger partial charge is 0.373 e. The molecule has 0 bridgehead atoms. The maximum absolute atomic E-state index is 12.6. The quantitative estimate of drug-likeness (QED) is 0.716. The summed E-state index contributed by atoms with van der Waals surface area (Å²) in [4.78, 5) is 14.6. The standard InChI is InChI=1S/C9H10FNO2/c10-8-3-1-2-7(6-8)4-5-9(12)13-11/h1-3,6H,4-5,11H2. The molecule has 0 aliphatic carbocycles. The molecule has 70 valence electrons. The van der Waals surface area contributed by atoms with Crippen molar-refractivity contribution >= 4 is 5.97 Å². The van der Waals surface area contributed by atoms with Crippen LogP contribution in [0.4, 0.5) is 4.39 Å². The first-order valence-electron chi connectivity index (χ1n) is 3.86. The average molecular weight is 183 g/mol. The zero-order valence-electron chi connectivity index (χ0n) is 7.00. The first-order chi connectivity index (χ1) is 6.22. The lowest BCUT2D eigenvalue weighted by Gasteiger charge is -1.99. The van der Waals surface area contributed by atoms with Crippen LogP contribution in [-0.4, -0.2) is 5.97 Å². The van der Waals surface area contributed by atoms with E-state index in [4.69, 9.17) is 0 Å². The van der Waals surface area contributed by atoms with E-state index in [0.717, 1.165) is 5.56 Å². The molecule has 0 radical (unpaired) electrons. The second kappa shape index (κ2) is 4.57. The lowest BCUT2D eigenvalue weighted by molar-refractivity contribution is -0.144. The predicted molar refractivity (Wildman–Crippen MR) is 45.0 cm³/mol. The van der Waals surface area contributed by atoms with Gasteiger partial charge in [0, 0.05) is 0 Å². The third kappa shape index (κ3) is 3.21. The number of carbonyl (C=O) groups is 1. The van der Waals surface area contributed by atoms with Crippen LogP contribution in [0.2, 0.25) is 0 Å². The summed E-state index contributed by atoms with van der Waals surface area (Å²) in [5, 5.41) is 0. The Hall–Kier alpha value is -1.42. The molecule has 13 heavy (non-hydrogen) atoms. The van der Waals surface area contributed by atoms with Gasteiger partial charge in [-0.1, -0.05) is 12.1 Å². The van der Waals surface area contributed by atoms with Crippen LogP contribution in [0.25, 0.3) is 0 Å². The summed E-state index contributed by atoms with van der Waals surface area (Å²) >= 11 is 0. The van der Waals surface area contributed by atoms with Gasteiger partial charge in [-0.25, -0.2) is 4.39 Å². The lowest BCUT2D eigenvalue weighted by Crippen LogP contribution is -2.10. The number of aryl methyl sites for hydroxylation is 1. The molecule has 0 aliphatic heterocycles. The van der Waals surface area contributed by atoms with Crippen LogP contribution >= 0.6 is 0 Å². The molecule has 1 aromatic rings. The molecule has 0 amide bonds. The van der Waals surface area contributed by atoms with Gasteiger partial charge < -0.3 is 4.84 Å². The number of carbonyl (C=O) groups excluding carboxylic acids is 1. The molecule has 0 unspecified atom stereocenters. The highest BCUT2D eigenvalue weighted by atomic mass is 19.1. The first kappa shape index (κ1) is 9.67. The van der Waals surface area contributed by atoms with Crippen molar-refractivity contribution in [1.82, 2.24) is 0 Å². The minimum Gasteiger partial charge on any atom is -0.373 e. The van der Waals surface area contributed by atoms with Gasteiger partial charge in [-0.15, -0.1) is 0 Å². The molecule has 4 heteroatoms. The van der Waals surface area contributed by atoms with Crippen molar-refractivity contribution in [2.45, 2.75) is 12.8 Å². The maximum atomic E-state index is 12.6. The van der Waals surface area contributed by atoms with Crippen LogP contribution in [0, 0.1) is 5.82 Å². The molecule has 1 rings (SSSR count). The molecule has 0 atom stereocenters. The SMILES string of the molecule is NOC(=O)CCc1cccc(F)c1. The van der Waals surface area contributed by atoms with E-state index in [1.54, 1.807) is 12.1 Å². The summed E-state index contributed by atoms with van der Waals surface area (Å²) in [6, 6.07) is 6.07. The summed E-state index contributed by atoms with van der Waals surface area (Å²) in [5.74, 6) is 3.84. The van der Waals surface area contributed by atoms with Crippen LogP contribution in [-0.2, 0) is 16.1 Å². The predicted octanol–water partition coefficient (Wildman–Crippen LogP) is 1.18. The van der Waals surface area contributed by atoms with Crippen molar-refractivity contribution < 1.29 is 14.0 Å². The smallest absolute Gasteiger partial charge is 0.324 e. The van der Waals surface area contributed by atoms with E-state index in [1.165, 1.54) is 12.1 Å². The van der Waals surface area contributed by atoms with E-state index in [1.807, 2.05) is 0 Å². The van der Waals surface area contributed by atoms with Crippen molar-refractivity contribution in [1.29, 1.82) is 0 Å². The Bertz CT molecular complexity index is 301. The number of hydrogen-bond acceptors (Lipinski definition) is 3. The van der Waals surface area contributed by atoms with Gasteiger partial charge >= 0.3 is 5.97 Å². The van der Waals surface area contributed by atoms with Gasteiger partial charge in [0.1, 0.15) is 5.82 Å². The van der Waals surface area contributed by atoms with Crippen LogP contribution in [0.1, 0.15) is 12.0 Å². The second-order valence-electron chi connectivity index (χ2n) is 2.62. The van der Waals surface area contributed by atoms with E-state index >= 15 is 0 Å². The normalized spacial score (nSPS) is 9.69. The molecule has 0 fully saturated rings. The summed E-state index contributed by atoms with van der Waals surface area (Å²) < 4.78 is 12.6. The topological polar surface area (TPSA) is 52.3 Å². The van der Waals surface area contributed by atoms with Gasteiger partial charge in [0.25, 0.3) is 0 Å². The van der Waals surface area contributed by atoms with Gasteiger partial charge in [0.2, 0.25) is 0 Å². The van der Waals surface area contributed by atoms with Crippen molar-refractivity contribution in [3.63, 3.8) is 0 Å². The van der Waals surface area contributed by atoms with Crippen molar-refractivity contribution in [2.24, 2.45) is 5.90 Å². The minimum absolute atomic E-state index is 0.167. The molecule has 0 saturated heterocycles. The number of nitrogens with two attached hydrogens (primary N) is 1. The van der Waals surface area contributed by atoms with Crippen molar-refractivity contribution in [3.8, 4) is 0 Å². The maximum Gasteiger partial charge on any atom is 0.324 e. The van der Waals surface area contributed by atoms with Gasteiger partial charge in [0.15, 0.2) is 0 Å². The molecule has 0 saturated carbocycles. The Morgan fingerprint density at radius 3 is 2.92 bits per heavy atom. The fraction of sp³-hybridized carbons (Fsp3) is 0.222. The van der Waals surface area contributed by atoms with E-state index in [9.17, 15) is 9.18 Å². The number of benzene rings is 1. The number of hydrogen-bond donors (Lipinski definition) is 1. The fourth-order valence-corrected chi connectivity index (χ4v) is 0.998. The first-order valence-corrected chi connectivity index (χ1v) is 3.86. The van der Waals surface area contributed by atoms with E-state index in [0.29, 0.717) is 6.42 Å². The second-order valence-corrected chi connectivity index (χ2v) is 2.62. The Morgan fingerprint density at radius 1 is 1.54 bits per heavy atom. The number of rotatable bonds is 3. The van der Waals surface area contributed by atoms with Crippen LogP contribution in [0.3, 0.4) is 0 Å². The van der Waals surface area contributed by atoms with Gasteiger partial charge in [-0.2, -0.15) is 5.90 Å². The Morgan fingerprint density at radius 2 is 2.31 bits per heavy atom. The Labute approximate surface area is 75.3 Å². The molecular formula is C9H10FNO2. The van der Waals surface area contributed by atoms with Gasteiger partial charge in [0.05, 0.1) is 6.42 Å². The molecule has 2 N–H and O–H groups in total. The Balaban J connectivity index is 2.50. The highest BCUT2D eigenvalue weighted by Gasteiger charge is 2.02. The number of halogens is 1. The molecule has 0 aliphatic rings. The van der Waals surface area contributed by atoms with E-state index in [-0.39, 0.29) is 12.2 Å². The highest BCUT2D eigenvalue weighted by Crippen LogP contribution is 2.06. The Kier molecular flexibility index (Phi) is 3.40. The van der Waals surface area contributed by atoms with E-state index in [2.05, 4.69) is 10.7 Å². The molecular weight excluding hydrogens is 173 g/mol. The molecule has 0 heterocycles. The molecule has 0 aromatic heterocycles. The van der Waals surface area contributed by atoms with Crippen LogP contribution in [0.5, 0.6) is 0 Å². The molecule has 1 aromatic carbocycles. The van der Waals surface area contributed by atoms with E-state index < -0.39 is 5.97 Å². The summed E-state index contributed by atoms with van der Waals surface area (Å²) in [7, 11) is 0. The third-order valence-corrected chi connectivity index (χ3v) is 1.64. The van der Waals surface area contributed by atoms with Crippen LogP contribution < -0.4 is 5.90 Å². The zero-order chi connectivity index (χ0) is 9.68.